The number of aryl methyl sites for hydroxylation is 2. The van der Waals surface area contributed by atoms with Crippen LogP contribution < -0.4 is 15.4 Å². The van der Waals surface area contributed by atoms with Gasteiger partial charge in [0.1, 0.15) is 5.75 Å². The van der Waals surface area contributed by atoms with Crippen molar-refractivity contribution in [1.29, 1.82) is 0 Å². The third-order valence-corrected chi connectivity index (χ3v) is 3.98. The average Bonchev–Trinajstić information content (AvgIpc) is 2.60. The molecule has 2 aromatic carbocycles. The minimum absolute atomic E-state index is 0.0172. The van der Waals surface area contributed by atoms with E-state index < -0.39 is 0 Å². The van der Waals surface area contributed by atoms with Crippen LogP contribution in [0.4, 0.5) is 4.79 Å². The number of aliphatic hydroxyl groups excluding tert-OH is 1. The van der Waals surface area contributed by atoms with E-state index in [1.165, 1.54) is 0 Å². The van der Waals surface area contributed by atoms with Crippen molar-refractivity contribution in [3.63, 3.8) is 0 Å². The van der Waals surface area contributed by atoms with E-state index in [0.717, 1.165) is 33.6 Å². The van der Waals surface area contributed by atoms with Gasteiger partial charge < -0.3 is 20.5 Å². The molecule has 2 amide bonds. The largest absolute Gasteiger partial charge is 0.473 e. The molecule has 0 spiro atoms. The molecule has 0 radical (unpaired) electrons. The molecule has 0 saturated heterocycles. The minimum atomic E-state index is -0.288. The van der Waals surface area contributed by atoms with Gasteiger partial charge in [0.25, 0.3) is 0 Å². The van der Waals surface area contributed by atoms with Crippen molar-refractivity contribution in [2.45, 2.75) is 33.9 Å². The van der Waals surface area contributed by atoms with Crippen LogP contribution >= 0.6 is 0 Å². The maximum absolute atomic E-state index is 11.8. The van der Waals surface area contributed by atoms with E-state index in [9.17, 15) is 4.79 Å². The highest BCUT2D eigenvalue weighted by molar-refractivity contribution is 5.73. The lowest BCUT2D eigenvalue weighted by Gasteiger charge is -2.14. The highest BCUT2D eigenvalue weighted by atomic mass is 16.5. The molecule has 0 heterocycles. The molecule has 0 aliphatic rings. The molecule has 0 aliphatic carbocycles. The van der Waals surface area contributed by atoms with Gasteiger partial charge >= 0.3 is 6.03 Å². The van der Waals surface area contributed by atoms with Crippen molar-refractivity contribution in [1.82, 2.24) is 10.6 Å². The van der Waals surface area contributed by atoms with Crippen LogP contribution in [0.1, 0.15) is 27.8 Å². The Morgan fingerprint density at radius 3 is 2.25 bits per heavy atom. The number of hydrogen-bond acceptors (Lipinski definition) is 3. The smallest absolute Gasteiger partial charge is 0.317 e. The van der Waals surface area contributed by atoms with E-state index >= 15 is 0 Å². The Morgan fingerprint density at radius 2 is 1.58 bits per heavy atom. The van der Waals surface area contributed by atoms with Crippen molar-refractivity contribution < 1.29 is 14.6 Å². The van der Waals surface area contributed by atoms with Crippen molar-refractivity contribution in [3.8, 4) is 5.75 Å². The van der Waals surface area contributed by atoms with Gasteiger partial charge in [0.05, 0.1) is 6.61 Å². The molecular weight excluding hydrogens is 304 g/mol. The average molecular weight is 328 g/mol. The highest BCUT2D eigenvalue weighted by Crippen LogP contribution is 2.25. The summed E-state index contributed by atoms with van der Waals surface area (Å²) < 4.78 is 5.70. The summed E-state index contributed by atoms with van der Waals surface area (Å²) in [4.78, 5) is 11.8. The molecule has 0 saturated carbocycles. The molecule has 3 N–H and O–H groups in total. The molecule has 5 nitrogen and oxygen atoms in total. The fourth-order valence-corrected chi connectivity index (χ4v) is 2.33. The van der Waals surface area contributed by atoms with Crippen molar-refractivity contribution >= 4 is 6.03 Å². The Kier molecular flexibility index (Phi) is 6.21. The van der Waals surface area contributed by atoms with E-state index in [1.807, 2.05) is 51.1 Å². The Balaban J connectivity index is 1.78. The first-order chi connectivity index (χ1) is 11.5. The van der Waals surface area contributed by atoms with Gasteiger partial charge in [0.2, 0.25) is 0 Å². The Morgan fingerprint density at radius 1 is 0.958 bits per heavy atom. The van der Waals surface area contributed by atoms with Gasteiger partial charge in [0, 0.05) is 6.54 Å². The number of carbonyl (C=O) groups is 1. The SMILES string of the molecule is Cc1ccc(C)c(OCNC(=O)NCc2ccc(CO)cc2)c1C. The monoisotopic (exact) mass is 328 g/mol. The zero-order valence-corrected chi connectivity index (χ0v) is 14.3. The third kappa shape index (κ3) is 4.73. The molecule has 0 atom stereocenters. The molecule has 0 bridgehead atoms. The number of amides is 2. The summed E-state index contributed by atoms with van der Waals surface area (Å²) in [6.07, 6.45) is 0. The molecule has 5 heteroatoms. The van der Waals surface area contributed by atoms with E-state index in [2.05, 4.69) is 16.7 Å². The van der Waals surface area contributed by atoms with Gasteiger partial charge in [-0.05, 0) is 48.6 Å². The molecule has 0 aliphatic heterocycles. The van der Waals surface area contributed by atoms with Gasteiger partial charge in [-0.25, -0.2) is 4.79 Å². The van der Waals surface area contributed by atoms with Crippen LogP contribution in [0, 0.1) is 20.8 Å². The predicted molar refractivity (Wildman–Crippen MR) is 93.9 cm³/mol. The third-order valence-electron chi connectivity index (χ3n) is 3.98. The van der Waals surface area contributed by atoms with Crippen molar-refractivity contribution in [2.24, 2.45) is 0 Å². The lowest BCUT2D eigenvalue weighted by molar-refractivity contribution is 0.223. The topological polar surface area (TPSA) is 70.6 Å². The summed E-state index contributed by atoms with van der Waals surface area (Å²) in [5, 5.41) is 14.5. The zero-order valence-electron chi connectivity index (χ0n) is 14.3. The highest BCUT2D eigenvalue weighted by Gasteiger charge is 2.07. The first kappa shape index (κ1) is 17.8. The number of benzene rings is 2. The van der Waals surface area contributed by atoms with Crippen LogP contribution in [-0.4, -0.2) is 17.9 Å². The summed E-state index contributed by atoms with van der Waals surface area (Å²) in [5.74, 6) is 0.815. The first-order valence-corrected chi connectivity index (χ1v) is 7.91. The Labute approximate surface area is 142 Å². The molecule has 0 aromatic heterocycles. The maximum atomic E-state index is 11.8. The van der Waals surface area contributed by atoms with Crippen LogP contribution in [0.5, 0.6) is 5.75 Å². The van der Waals surface area contributed by atoms with E-state index in [-0.39, 0.29) is 19.4 Å². The summed E-state index contributed by atoms with van der Waals surface area (Å²) in [7, 11) is 0. The molecule has 128 valence electrons. The Hall–Kier alpha value is -2.53. The van der Waals surface area contributed by atoms with Gasteiger partial charge in [-0.15, -0.1) is 0 Å². The molecular formula is C19H24N2O3. The number of urea groups is 1. The zero-order chi connectivity index (χ0) is 17.5. The van der Waals surface area contributed by atoms with Gasteiger partial charge in [-0.3, -0.25) is 0 Å². The number of carbonyl (C=O) groups excluding carboxylic acids is 1. The van der Waals surface area contributed by atoms with Gasteiger partial charge in [-0.2, -0.15) is 0 Å². The van der Waals surface area contributed by atoms with Crippen LogP contribution in [-0.2, 0) is 13.2 Å². The number of aliphatic hydroxyl groups is 1. The Bertz CT molecular complexity index is 697. The van der Waals surface area contributed by atoms with Crippen LogP contribution in [0.25, 0.3) is 0 Å². The minimum Gasteiger partial charge on any atom is -0.473 e. The van der Waals surface area contributed by atoms with E-state index in [1.54, 1.807) is 0 Å². The fourth-order valence-electron chi connectivity index (χ4n) is 2.33. The number of ether oxygens (including phenoxy) is 1. The summed E-state index contributed by atoms with van der Waals surface area (Å²) >= 11 is 0. The van der Waals surface area contributed by atoms with Gasteiger partial charge in [-0.1, -0.05) is 36.4 Å². The molecule has 0 unspecified atom stereocenters. The second kappa shape index (κ2) is 8.36. The quantitative estimate of drug-likeness (QED) is 0.714. The summed E-state index contributed by atoms with van der Waals surface area (Å²) in [6.45, 7) is 6.57. The first-order valence-electron chi connectivity index (χ1n) is 7.91. The predicted octanol–water partition coefficient (Wildman–Crippen LogP) is 2.94. The number of rotatable bonds is 6. The summed E-state index contributed by atoms with van der Waals surface area (Å²) in [6, 6.07) is 11.2. The van der Waals surface area contributed by atoms with Crippen LogP contribution in [0.2, 0.25) is 0 Å². The normalized spacial score (nSPS) is 10.3. The molecule has 2 rings (SSSR count). The van der Waals surface area contributed by atoms with Gasteiger partial charge in [0.15, 0.2) is 6.73 Å². The number of nitrogens with one attached hydrogen (secondary N) is 2. The molecule has 24 heavy (non-hydrogen) atoms. The second-order valence-corrected chi connectivity index (χ2v) is 5.78. The molecule has 2 aromatic rings. The maximum Gasteiger partial charge on any atom is 0.317 e. The second-order valence-electron chi connectivity index (χ2n) is 5.78. The lowest BCUT2D eigenvalue weighted by atomic mass is 10.1. The van der Waals surface area contributed by atoms with E-state index in [0.29, 0.717) is 6.54 Å². The standard InChI is InChI=1S/C19H24N2O3/c1-13-4-5-14(2)18(15(13)3)24-12-21-19(23)20-10-16-6-8-17(11-22)9-7-16/h4-9,22H,10-12H2,1-3H3,(H2,20,21,23). The van der Waals surface area contributed by atoms with Crippen LogP contribution in [0.15, 0.2) is 36.4 Å². The van der Waals surface area contributed by atoms with E-state index in [4.69, 9.17) is 9.84 Å². The number of hydrogen-bond donors (Lipinski definition) is 3. The van der Waals surface area contributed by atoms with Crippen molar-refractivity contribution in [3.05, 3.63) is 64.2 Å². The lowest BCUT2D eigenvalue weighted by Crippen LogP contribution is -2.37. The van der Waals surface area contributed by atoms with Crippen molar-refractivity contribution in [2.75, 3.05) is 6.73 Å². The van der Waals surface area contributed by atoms with Crippen LogP contribution in [0.3, 0.4) is 0 Å². The fraction of sp³-hybridized carbons (Fsp3) is 0.316. The molecule has 0 fully saturated rings. The summed E-state index contributed by atoms with van der Waals surface area (Å²) in [5.41, 5.74) is 5.10.